The molecule has 0 fully saturated rings. The van der Waals surface area contributed by atoms with Gasteiger partial charge in [0.25, 0.3) is 5.91 Å². The third-order valence-corrected chi connectivity index (χ3v) is 4.26. The van der Waals surface area contributed by atoms with Crippen LogP contribution in [0, 0.1) is 11.3 Å². The van der Waals surface area contributed by atoms with Crippen LogP contribution in [0.15, 0.2) is 78.9 Å². The lowest BCUT2D eigenvalue weighted by Crippen LogP contribution is -2.34. The van der Waals surface area contributed by atoms with Gasteiger partial charge in [-0.05, 0) is 35.9 Å². The van der Waals surface area contributed by atoms with E-state index in [1.165, 1.54) is 6.07 Å². The van der Waals surface area contributed by atoms with Gasteiger partial charge < -0.3 is 9.64 Å². The molecule has 3 aromatic rings. The lowest BCUT2D eigenvalue weighted by atomic mass is 10.2. The van der Waals surface area contributed by atoms with Crippen LogP contribution in [0.25, 0.3) is 0 Å². The summed E-state index contributed by atoms with van der Waals surface area (Å²) in [5.41, 5.74) is 2.25. The van der Waals surface area contributed by atoms with Gasteiger partial charge in [0.15, 0.2) is 6.61 Å². The predicted octanol–water partition coefficient (Wildman–Crippen LogP) is 4.82. The second kappa shape index (κ2) is 8.88. The average Bonchev–Trinajstić information content (AvgIpc) is 2.72. The second-order valence-corrected chi connectivity index (χ2v) is 6.25. The third kappa shape index (κ3) is 4.87. The molecule has 0 heterocycles. The number of anilines is 1. The van der Waals surface area contributed by atoms with E-state index in [-0.39, 0.29) is 12.5 Å². The molecule has 0 aliphatic heterocycles. The SMILES string of the molecule is N#Cc1ccc(OCC(=O)N(Cc2ccccc2)c2ccccc2)c(Cl)c1. The largest absolute Gasteiger partial charge is 0.482 e. The standard InChI is InChI=1S/C22H17ClN2O2/c23-20-13-18(14-24)11-12-21(20)27-16-22(26)25(19-9-5-2-6-10-19)15-17-7-3-1-4-8-17/h1-13H,15-16H2. The van der Waals surface area contributed by atoms with Gasteiger partial charge in [0.1, 0.15) is 5.75 Å². The fraction of sp³-hybridized carbons (Fsp3) is 0.0909. The van der Waals surface area contributed by atoms with Gasteiger partial charge >= 0.3 is 0 Å². The summed E-state index contributed by atoms with van der Waals surface area (Å²) < 4.78 is 5.61. The first-order valence-electron chi connectivity index (χ1n) is 8.39. The van der Waals surface area contributed by atoms with Crippen LogP contribution < -0.4 is 9.64 Å². The molecule has 0 aliphatic rings. The molecule has 0 N–H and O–H groups in total. The number of carbonyl (C=O) groups is 1. The van der Waals surface area contributed by atoms with Crippen LogP contribution in [0.1, 0.15) is 11.1 Å². The van der Waals surface area contributed by atoms with Crippen LogP contribution in [0.2, 0.25) is 5.02 Å². The predicted molar refractivity (Wildman–Crippen MR) is 106 cm³/mol. The molecule has 3 rings (SSSR count). The molecule has 0 saturated heterocycles. The highest BCUT2D eigenvalue weighted by atomic mass is 35.5. The quantitative estimate of drug-likeness (QED) is 0.619. The first kappa shape index (κ1) is 18.5. The molecule has 0 radical (unpaired) electrons. The maximum absolute atomic E-state index is 12.9. The van der Waals surface area contributed by atoms with E-state index < -0.39 is 0 Å². The third-order valence-electron chi connectivity index (χ3n) is 3.96. The van der Waals surface area contributed by atoms with Crippen LogP contribution in [0.3, 0.4) is 0 Å². The van der Waals surface area contributed by atoms with Crippen LogP contribution >= 0.6 is 11.6 Å². The summed E-state index contributed by atoms with van der Waals surface area (Å²) in [7, 11) is 0. The molecule has 27 heavy (non-hydrogen) atoms. The van der Waals surface area contributed by atoms with E-state index in [1.54, 1.807) is 17.0 Å². The smallest absolute Gasteiger partial charge is 0.265 e. The number of hydrogen-bond donors (Lipinski definition) is 0. The van der Waals surface area contributed by atoms with Crippen molar-refractivity contribution in [3.8, 4) is 11.8 Å². The summed E-state index contributed by atoms with van der Waals surface area (Å²) in [6.07, 6.45) is 0. The Balaban J connectivity index is 1.76. The van der Waals surface area contributed by atoms with Gasteiger partial charge in [-0.2, -0.15) is 5.26 Å². The lowest BCUT2D eigenvalue weighted by Gasteiger charge is -2.23. The molecule has 134 valence electrons. The fourth-order valence-corrected chi connectivity index (χ4v) is 2.84. The highest BCUT2D eigenvalue weighted by Crippen LogP contribution is 2.25. The number of halogens is 1. The number of nitriles is 1. The second-order valence-electron chi connectivity index (χ2n) is 5.85. The summed E-state index contributed by atoms with van der Waals surface area (Å²) in [4.78, 5) is 14.5. The molecule has 5 heteroatoms. The van der Waals surface area contributed by atoms with Crippen LogP contribution in [-0.2, 0) is 11.3 Å². The molecule has 0 bridgehead atoms. The maximum Gasteiger partial charge on any atom is 0.265 e. The molecule has 3 aromatic carbocycles. The average molecular weight is 377 g/mol. The summed E-state index contributed by atoms with van der Waals surface area (Å²) in [6, 6.07) is 25.9. The molecule has 0 atom stereocenters. The number of benzene rings is 3. The summed E-state index contributed by atoms with van der Waals surface area (Å²) in [5, 5.41) is 9.20. The van der Waals surface area contributed by atoms with Crippen LogP contribution in [0.5, 0.6) is 5.75 Å². The normalized spacial score (nSPS) is 10.1. The topological polar surface area (TPSA) is 53.3 Å². The van der Waals surface area contributed by atoms with Crippen molar-refractivity contribution in [2.24, 2.45) is 0 Å². The molecule has 0 aliphatic carbocycles. The van der Waals surface area contributed by atoms with Crippen molar-refractivity contribution < 1.29 is 9.53 Å². The minimum absolute atomic E-state index is 0.159. The molecular formula is C22H17ClN2O2. The van der Waals surface area contributed by atoms with E-state index in [9.17, 15) is 4.79 Å². The molecule has 1 amide bonds. The number of hydrogen-bond acceptors (Lipinski definition) is 3. The fourth-order valence-electron chi connectivity index (χ4n) is 2.60. The Morgan fingerprint density at radius 2 is 1.67 bits per heavy atom. The molecule has 4 nitrogen and oxygen atoms in total. The number of para-hydroxylation sites is 1. The molecule has 0 saturated carbocycles. The van der Waals surface area contributed by atoms with Gasteiger partial charge in [-0.3, -0.25) is 4.79 Å². The van der Waals surface area contributed by atoms with Crippen LogP contribution in [-0.4, -0.2) is 12.5 Å². The van der Waals surface area contributed by atoms with Gasteiger partial charge in [0, 0.05) is 5.69 Å². The lowest BCUT2D eigenvalue weighted by molar-refractivity contribution is -0.120. The van der Waals surface area contributed by atoms with E-state index in [2.05, 4.69) is 0 Å². The number of nitrogens with zero attached hydrogens (tertiary/aromatic N) is 2. The van der Waals surface area contributed by atoms with Crippen molar-refractivity contribution in [3.63, 3.8) is 0 Å². The zero-order chi connectivity index (χ0) is 19.1. The van der Waals surface area contributed by atoms with Crippen molar-refractivity contribution in [2.75, 3.05) is 11.5 Å². The zero-order valence-corrected chi connectivity index (χ0v) is 15.3. The summed E-state index contributed by atoms with van der Waals surface area (Å²) in [5.74, 6) is 0.183. The van der Waals surface area contributed by atoms with E-state index in [0.29, 0.717) is 22.9 Å². The Hall–Kier alpha value is -3.29. The molecular weight excluding hydrogens is 360 g/mol. The Kier molecular flexibility index (Phi) is 6.09. The van der Waals surface area contributed by atoms with Crippen molar-refractivity contribution >= 4 is 23.2 Å². The van der Waals surface area contributed by atoms with Crippen molar-refractivity contribution in [2.45, 2.75) is 6.54 Å². The maximum atomic E-state index is 12.9. The first-order chi connectivity index (χ1) is 13.2. The van der Waals surface area contributed by atoms with Gasteiger partial charge in [0.2, 0.25) is 0 Å². The Morgan fingerprint density at radius 1 is 1.00 bits per heavy atom. The van der Waals surface area contributed by atoms with Crippen molar-refractivity contribution in [3.05, 3.63) is 95.0 Å². The Morgan fingerprint density at radius 3 is 2.30 bits per heavy atom. The number of carbonyl (C=O) groups excluding carboxylic acids is 1. The highest BCUT2D eigenvalue weighted by Gasteiger charge is 2.17. The van der Waals surface area contributed by atoms with Crippen molar-refractivity contribution in [1.82, 2.24) is 0 Å². The van der Waals surface area contributed by atoms with Crippen molar-refractivity contribution in [1.29, 1.82) is 5.26 Å². The van der Waals surface area contributed by atoms with Gasteiger partial charge in [-0.15, -0.1) is 0 Å². The first-order valence-corrected chi connectivity index (χ1v) is 8.77. The molecule has 0 aromatic heterocycles. The molecule has 0 spiro atoms. The minimum Gasteiger partial charge on any atom is -0.482 e. The number of amides is 1. The monoisotopic (exact) mass is 376 g/mol. The van der Waals surface area contributed by atoms with Gasteiger partial charge in [0.05, 0.1) is 23.2 Å². The van der Waals surface area contributed by atoms with Gasteiger partial charge in [-0.25, -0.2) is 0 Å². The Labute approximate surface area is 163 Å². The summed E-state index contributed by atoms with van der Waals surface area (Å²) >= 11 is 6.12. The minimum atomic E-state index is -0.189. The van der Waals surface area contributed by atoms with E-state index in [0.717, 1.165) is 11.3 Å². The van der Waals surface area contributed by atoms with E-state index in [1.807, 2.05) is 66.7 Å². The van der Waals surface area contributed by atoms with E-state index in [4.69, 9.17) is 21.6 Å². The van der Waals surface area contributed by atoms with E-state index >= 15 is 0 Å². The van der Waals surface area contributed by atoms with Crippen LogP contribution in [0.4, 0.5) is 5.69 Å². The number of ether oxygens (including phenoxy) is 1. The Bertz CT molecular complexity index is 953. The van der Waals surface area contributed by atoms with Gasteiger partial charge in [-0.1, -0.05) is 60.1 Å². The summed E-state index contributed by atoms with van der Waals surface area (Å²) in [6.45, 7) is 0.279. The molecule has 0 unspecified atom stereocenters. The highest BCUT2D eigenvalue weighted by molar-refractivity contribution is 6.32. The number of rotatable bonds is 6. The zero-order valence-electron chi connectivity index (χ0n) is 14.5.